The summed E-state index contributed by atoms with van der Waals surface area (Å²) >= 11 is 0. The van der Waals surface area contributed by atoms with Gasteiger partial charge >= 0.3 is 12.0 Å². The fourth-order valence-corrected chi connectivity index (χ4v) is 1.26. The van der Waals surface area contributed by atoms with Crippen molar-refractivity contribution in [1.82, 2.24) is 15.0 Å². The smallest absolute Gasteiger partial charge is 0.321 e. The van der Waals surface area contributed by atoms with E-state index in [9.17, 15) is 4.79 Å². The van der Waals surface area contributed by atoms with Crippen molar-refractivity contribution in [2.24, 2.45) is 5.73 Å². The van der Waals surface area contributed by atoms with Crippen LogP contribution in [0.5, 0.6) is 12.0 Å². The van der Waals surface area contributed by atoms with Crippen molar-refractivity contribution in [1.29, 1.82) is 0 Å². The number of rotatable bonds is 3. The number of hydrogen-bond acceptors (Lipinski definition) is 7. The van der Waals surface area contributed by atoms with Crippen molar-refractivity contribution < 1.29 is 15.0 Å². The number of nitrogens with one attached hydrogen (secondary N) is 1. The first kappa shape index (κ1) is 11.6. The summed E-state index contributed by atoms with van der Waals surface area (Å²) in [6, 6.07) is 5.00. The molecule has 1 amide bonds. The predicted molar refractivity (Wildman–Crippen MR) is 61.4 cm³/mol. The third kappa shape index (κ3) is 2.61. The van der Waals surface area contributed by atoms with Gasteiger partial charge in [-0.25, -0.2) is 0 Å². The normalized spacial score (nSPS) is 10.0. The maximum atomic E-state index is 10.9. The predicted octanol–water partition coefficient (Wildman–Crippen LogP) is 0.125. The second-order valence-corrected chi connectivity index (χ2v) is 3.33. The quantitative estimate of drug-likeness (QED) is 0.605. The number of benzene rings is 1. The van der Waals surface area contributed by atoms with Crippen molar-refractivity contribution >= 4 is 17.5 Å². The Morgan fingerprint density at radius 2 is 1.61 bits per heavy atom. The molecule has 0 unspecified atom stereocenters. The molecule has 1 aromatic heterocycles. The molecule has 18 heavy (non-hydrogen) atoms. The van der Waals surface area contributed by atoms with Crippen molar-refractivity contribution in [3.63, 3.8) is 0 Å². The van der Waals surface area contributed by atoms with Gasteiger partial charge in [0.2, 0.25) is 11.9 Å². The van der Waals surface area contributed by atoms with Crippen molar-refractivity contribution in [2.75, 3.05) is 5.32 Å². The maximum absolute atomic E-state index is 10.9. The van der Waals surface area contributed by atoms with Gasteiger partial charge in [-0.05, 0) is 24.3 Å². The van der Waals surface area contributed by atoms with Crippen molar-refractivity contribution in [2.45, 2.75) is 0 Å². The number of carbonyl (C=O) groups excluding carboxylic acids is 1. The van der Waals surface area contributed by atoms with Crippen LogP contribution in [0.1, 0.15) is 10.4 Å². The number of carbonyl (C=O) groups is 1. The highest BCUT2D eigenvalue weighted by atomic mass is 16.3. The molecule has 0 bridgehead atoms. The molecule has 1 heterocycles. The lowest BCUT2D eigenvalue weighted by atomic mass is 10.2. The molecular formula is C10H9N5O3. The Morgan fingerprint density at radius 1 is 1.06 bits per heavy atom. The van der Waals surface area contributed by atoms with Crippen LogP contribution < -0.4 is 11.1 Å². The molecule has 0 aliphatic carbocycles. The second-order valence-electron chi connectivity index (χ2n) is 3.33. The first-order valence-corrected chi connectivity index (χ1v) is 4.85. The van der Waals surface area contributed by atoms with Crippen LogP contribution >= 0.6 is 0 Å². The lowest BCUT2D eigenvalue weighted by molar-refractivity contribution is 0.100. The summed E-state index contributed by atoms with van der Waals surface area (Å²) in [7, 11) is 0. The average Bonchev–Trinajstić information content (AvgIpc) is 2.28. The minimum absolute atomic E-state index is 0.0215. The molecule has 2 rings (SSSR count). The van der Waals surface area contributed by atoms with Gasteiger partial charge < -0.3 is 21.3 Å². The number of primary amides is 1. The van der Waals surface area contributed by atoms with Crippen LogP contribution in [0, 0.1) is 0 Å². The number of amides is 1. The van der Waals surface area contributed by atoms with Crippen LogP contribution in [0.25, 0.3) is 0 Å². The van der Waals surface area contributed by atoms with Crippen LogP contribution in [-0.4, -0.2) is 31.1 Å². The van der Waals surface area contributed by atoms with Crippen LogP contribution in [0.4, 0.5) is 11.6 Å². The van der Waals surface area contributed by atoms with Gasteiger partial charge in [0, 0.05) is 11.3 Å². The van der Waals surface area contributed by atoms with E-state index in [1.165, 1.54) is 12.1 Å². The summed E-state index contributed by atoms with van der Waals surface area (Å²) in [5, 5.41) is 20.8. The van der Waals surface area contributed by atoms with Crippen LogP contribution in [-0.2, 0) is 0 Å². The van der Waals surface area contributed by atoms with E-state index in [2.05, 4.69) is 20.3 Å². The van der Waals surface area contributed by atoms with Gasteiger partial charge in [-0.15, -0.1) is 4.98 Å². The third-order valence-corrected chi connectivity index (χ3v) is 2.04. The van der Waals surface area contributed by atoms with E-state index in [1.54, 1.807) is 12.1 Å². The van der Waals surface area contributed by atoms with Gasteiger partial charge in [0.05, 0.1) is 0 Å². The zero-order valence-electron chi connectivity index (χ0n) is 9.03. The average molecular weight is 247 g/mol. The van der Waals surface area contributed by atoms with Gasteiger partial charge in [-0.1, -0.05) is 0 Å². The standard InChI is InChI=1S/C10H9N5O3/c11-7(16)5-1-3-6(4-2-5)12-8-13-9(17)15-10(18)14-8/h1-4H,(H2,11,16)(H3,12,13,14,15,17,18). The number of aromatic nitrogens is 3. The number of nitrogens with zero attached hydrogens (tertiary/aromatic N) is 3. The van der Waals surface area contributed by atoms with Crippen LogP contribution in [0.15, 0.2) is 24.3 Å². The molecule has 0 aliphatic heterocycles. The van der Waals surface area contributed by atoms with Crippen LogP contribution in [0.2, 0.25) is 0 Å². The van der Waals surface area contributed by atoms with Gasteiger partial charge in [0.15, 0.2) is 0 Å². The molecular weight excluding hydrogens is 238 g/mol. The molecule has 0 radical (unpaired) electrons. The zero-order chi connectivity index (χ0) is 13.1. The van der Waals surface area contributed by atoms with Gasteiger partial charge in [0.25, 0.3) is 0 Å². The monoisotopic (exact) mass is 247 g/mol. The molecule has 0 fully saturated rings. The summed E-state index contributed by atoms with van der Waals surface area (Å²) in [5.74, 6) is -0.552. The number of hydrogen-bond donors (Lipinski definition) is 4. The van der Waals surface area contributed by atoms with E-state index < -0.39 is 17.9 Å². The summed E-state index contributed by atoms with van der Waals surface area (Å²) in [4.78, 5) is 21.2. The van der Waals surface area contributed by atoms with Crippen molar-refractivity contribution in [3.8, 4) is 12.0 Å². The minimum Gasteiger partial charge on any atom is -0.479 e. The fraction of sp³-hybridized carbons (Fsp3) is 0. The van der Waals surface area contributed by atoms with E-state index in [0.29, 0.717) is 11.3 Å². The largest absolute Gasteiger partial charge is 0.479 e. The molecule has 92 valence electrons. The van der Waals surface area contributed by atoms with Gasteiger partial charge in [0.1, 0.15) is 0 Å². The molecule has 5 N–H and O–H groups in total. The molecule has 0 saturated heterocycles. The summed E-state index contributed by atoms with van der Waals surface area (Å²) in [5.41, 5.74) is 6.02. The molecule has 0 spiro atoms. The van der Waals surface area contributed by atoms with Gasteiger partial charge in [-0.3, -0.25) is 4.79 Å². The number of anilines is 2. The number of nitrogens with two attached hydrogens (primary N) is 1. The third-order valence-electron chi connectivity index (χ3n) is 2.04. The van der Waals surface area contributed by atoms with Crippen molar-refractivity contribution in [3.05, 3.63) is 29.8 Å². The fourth-order valence-electron chi connectivity index (χ4n) is 1.26. The zero-order valence-corrected chi connectivity index (χ0v) is 9.03. The molecule has 0 aliphatic rings. The highest BCUT2D eigenvalue weighted by molar-refractivity contribution is 5.93. The maximum Gasteiger partial charge on any atom is 0.321 e. The molecule has 0 atom stereocenters. The Hall–Kier alpha value is -2.90. The Bertz CT molecular complexity index is 564. The molecule has 1 aromatic carbocycles. The Kier molecular flexibility index (Phi) is 2.92. The summed E-state index contributed by atoms with van der Waals surface area (Å²) in [6.45, 7) is 0. The molecule has 8 nitrogen and oxygen atoms in total. The Labute approximate surface area is 101 Å². The van der Waals surface area contributed by atoms with E-state index in [1.807, 2.05) is 0 Å². The molecule has 2 aromatic rings. The molecule has 0 saturated carbocycles. The highest BCUT2D eigenvalue weighted by Crippen LogP contribution is 2.16. The van der Waals surface area contributed by atoms with E-state index in [4.69, 9.17) is 15.9 Å². The SMILES string of the molecule is NC(=O)c1ccc(Nc2nc(O)nc(O)n2)cc1. The minimum atomic E-state index is -0.598. The van der Waals surface area contributed by atoms with Gasteiger partial charge in [-0.2, -0.15) is 9.97 Å². The Balaban J connectivity index is 2.20. The molecule has 8 heteroatoms. The highest BCUT2D eigenvalue weighted by Gasteiger charge is 2.05. The second kappa shape index (κ2) is 4.53. The lowest BCUT2D eigenvalue weighted by Crippen LogP contribution is -2.10. The number of aromatic hydroxyl groups is 2. The van der Waals surface area contributed by atoms with E-state index >= 15 is 0 Å². The summed E-state index contributed by atoms with van der Waals surface area (Å²) < 4.78 is 0. The lowest BCUT2D eigenvalue weighted by Gasteiger charge is -2.05. The first-order chi connectivity index (χ1) is 8.54. The summed E-state index contributed by atoms with van der Waals surface area (Å²) in [6.07, 6.45) is 0. The Morgan fingerprint density at radius 3 is 2.11 bits per heavy atom. The van der Waals surface area contributed by atoms with E-state index in [-0.39, 0.29) is 5.95 Å². The van der Waals surface area contributed by atoms with E-state index in [0.717, 1.165) is 0 Å². The first-order valence-electron chi connectivity index (χ1n) is 4.85. The van der Waals surface area contributed by atoms with Crippen LogP contribution in [0.3, 0.4) is 0 Å². The topological polar surface area (TPSA) is 134 Å².